The van der Waals surface area contributed by atoms with E-state index >= 15 is 0 Å². The summed E-state index contributed by atoms with van der Waals surface area (Å²) in [7, 11) is 0. The molecule has 19 heavy (non-hydrogen) atoms. The van der Waals surface area contributed by atoms with Crippen LogP contribution in [0.15, 0.2) is 6.20 Å². The predicted octanol–water partition coefficient (Wildman–Crippen LogP) is 2.11. The number of nitrogens with one attached hydrogen (secondary N) is 2. The number of imidazole rings is 1. The number of carbonyl (C=O) groups is 1. The quantitative estimate of drug-likeness (QED) is 0.879. The zero-order valence-corrected chi connectivity index (χ0v) is 12.3. The number of hydrogen-bond acceptors (Lipinski definition) is 3. The van der Waals surface area contributed by atoms with Gasteiger partial charge in [-0.2, -0.15) is 0 Å². The van der Waals surface area contributed by atoms with Gasteiger partial charge in [-0.15, -0.1) is 0 Å². The minimum absolute atomic E-state index is 0.0835. The molecule has 0 saturated carbocycles. The highest BCUT2D eigenvalue weighted by atomic mass is 16.1. The van der Waals surface area contributed by atoms with Crippen LogP contribution < -0.4 is 10.6 Å². The average Bonchev–Trinajstić information content (AvgIpc) is 2.78. The van der Waals surface area contributed by atoms with E-state index < -0.39 is 0 Å². The predicted molar refractivity (Wildman–Crippen MR) is 76.3 cm³/mol. The lowest BCUT2D eigenvalue weighted by Gasteiger charge is -2.27. The minimum atomic E-state index is -0.0835. The van der Waals surface area contributed by atoms with Crippen molar-refractivity contribution >= 4 is 11.9 Å². The Morgan fingerprint density at radius 2 is 2.32 bits per heavy atom. The van der Waals surface area contributed by atoms with Crippen molar-refractivity contribution in [3.05, 3.63) is 11.9 Å². The second-order valence-electron chi connectivity index (χ2n) is 6.40. The van der Waals surface area contributed by atoms with Crippen LogP contribution in [0.25, 0.3) is 0 Å². The van der Waals surface area contributed by atoms with Crippen LogP contribution in [-0.2, 0) is 6.54 Å². The smallest absolute Gasteiger partial charge is 0.271 e. The third kappa shape index (κ3) is 3.28. The Hall–Kier alpha value is -1.52. The lowest BCUT2D eigenvalue weighted by Crippen LogP contribution is -2.33. The number of aryl methyl sites for hydroxylation is 1. The SMILES string of the molecule is CC(CNC(=O)c1cn2c(n1)NCCC2)C(C)(C)C. The molecule has 106 valence electrons. The molecule has 0 saturated heterocycles. The van der Waals surface area contributed by atoms with Gasteiger partial charge in [-0.05, 0) is 17.8 Å². The van der Waals surface area contributed by atoms with Gasteiger partial charge in [0, 0.05) is 25.8 Å². The van der Waals surface area contributed by atoms with Gasteiger partial charge in [-0.1, -0.05) is 27.7 Å². The maximum absolute atomic E-state index is 12.1. The minimum Gasteiger partial charge on any atom is -0.356 e. The summed E-state index contributed by atoms with van der Waals surface area (Å²) in [6.45, 7) is 11.2. The molecule has 0 aromatic carbocycles. The van der Waals surface area contributed by atoms with Gasteiger partial charge < -0.3 is 15.2 Å². The molecule has 5 heteroatoms. The van der Waals surface area contributed by atoms with Crippen LogP contribution in [0.3, 0.4) is 0 Å². The molecule has 2 rings (SSSR count). The van der Waals surface area contributed by atoms with E-state index in [9.17, 15) is 4.79 Å². The number of anilines is 1. The van der Waals surface area contributed by atoms with Gasteiger partial charge in [-0.25, -0.2) is 4.98 Å². The van der Waals surface area contributed by atoms with Crippen molar-refractivity contribution in [1.29, 1.82) is 0 Å². The van der Waals surface area contributed by atoms with Gasteiger partial charge in [-0.3, -0.25) is 4.79 Å². The normalized spacial score (nSPS) is 16.4. The first kappa shape index (κ1) is 13.9. The Bertz CT molecular complexity index is 435. The van der Waals surface area contributed by atoms with Crippen molar-refractivity contribution in [3.8, 4) is 0 Å². The van der Waals surface area contributed by atoms with Crippen LogP contribution in [-0.4, -0.2) is 28.5 Å². The first-order valence-corrected chi connectivity index (χ1v) is 6.97. The van der Waals surface area contributed by atoms with Crippen molar-refractivity contribution in [2.24, 2.45) is 11.3 Å². The fourth-order valence-electron chi connectivity index (χ4n) is 1.93. The number of carbonyl (C=O) groups excluding carboxylic acids is 1. The molecular formula is C14H24N4O. The second-order valence-corrected chi connectivity index (χ2v) is 6.40. The number of fused-ring (bicyclic) bond motifs is 1. The molecular weight excluding hydrogens is 240 g/mol. The maximum atomic E-state index is 12.1. The largest absolute Gasteiger partial charge is 0.356 e. The molecule has 1 unspecified atom stereocenters. The summed E-state index contributed by atoms with van der Waals surface area (Å²) in [5.41, 5.74) is 0.702. The monoisotopic (exact) mass is 264 g/mol. The Morgan fingerprint density at radius 1 is 1.58 bits per heavy atom. The Balaban J connectivity index is 1.95. The van der Waals surface area contributed by atoms with Gasteiger partial charge in [0.25, 0.3) is 5.91 Å². The summed E-state index contributed by atoms with van der Waals surface area (Å²) < 4.78 is 2.01. The summed E-state index contributed by atoms with van der Waals surface area (Å²) in [6.07, 6.45) is 2.91. The van der Waals surface area contributed by atoms with Crippen molar-refractivity contribution in [2.45, 2.75) is 40.7 Å². The van der Waals surface area contributed by atoms with E-state index in [1.807, 2.05) is 10.8 Å². The molecule has 1 atom stereocenters. The number of amides is 1. The third-order valence-corrected chi connectivity index (χ3v) is 3.92. The molecule has 0 aliphatic carbocycles. The molecule has 5 nitrogen and oxygen atoms in total. The number of hydrogen-bond donors (Lipinski definition) is 2. The number of aromatic nitrogens is 2. The van der Waals surface area contributed by atoms with Crippen molar-refractivity contribution < 1.29 is 4.79 Å². The van der Waals surface area contributed by atoms with E-state index in [0.29, 0.717) is 18.2 Å². The van der Waals surface area contributed by atoms with Crippen LogP contribution in [0, 0.1) is 11.3 Å². The van der Waals surface area contributed by atoms with Crippen LogP contribution in [0.1, 0.15) is 44.6 Å². The molecule has 2 heterocycles. The number of nitrogens with zero attached hydrogens (tertiary/aromatic N) is 2. The molecule has 1 aliphatic heterocycles. The van der Waals surface area contributed by atoms with Gasteiger partial charge in [0.1, 0.15) is 5.69 Å². The molecule has 1 aromatic rings. The highest BCUT2D eigenvalue weighted by molar-refractivity contribution is 5.92. The molecule has 0 spiro atoms. The summed E-state index contributed by atoms with van der Waals surface area (Å²) >= 11 is 0. The fourth-order valence-corrected chi connectivity index (χ4v) is 1.93. The summed E-state index contributed by atoms with van der Waals surface area (Å²) in [5.74, 6) is 1.15. The number of rotatable bonds is 3. The van der Waals surface area contributed by atoms with E-state index in [1.54, 1.807) is 0 Å². The Kier molecular flexibility index (Phi) is 3.83. The van der Waals surface area contributed by atoms with Gasteiger partial charge in [0.15, 0.2) is 0 Å². The lowest BCUT2D eigenvalue weighted by molar-refractivity contribution is 0.0932. The molecule has 1 aliphatic rings. The van der Waals surface area contributed by atoms with Crippen LogP contribution in [0.5, 0.6) is 0 Å². The second kappa shape index (κ2) is 5.23. The molecule has 0 radical (unpaired) electrons. The van der Waals surface area contributed by atoms with Crippen LogP contribution >= 0.6 is 0 Å². The standard InChI is InChI=1S/C14H24N4O/c1-10(14(2,3)4)8-16-12(19)11-9-18-7-5-6-15-13(18)17-11/h9-10H,5-8H2,1-4H3,(H,15,17)(H,16,19). The summed E-state index contributed by atoms with van der Waals surface area (Å²) in [4.78, 5) is 16.4. The van der Waals surface area contributed by atoms with E-state index in [2.05, 4.69) is 43.3 Å². The van der Waals surface area contributed by atoms with Crippen molar-refractivity contribution in [2.75, 3.05) is 18.4 Å². The van der Waals surface area contributed by atoms with Gasteiger partial charge in [0.05, 0.1) is 0 Å². The summed E-state index contributed by atoms with van der Waals surface area (Å²) in [6, 6.07) is 0. The molecule has 0 bridgehead atoms. The average molecular weight is 264 g/mol. The molecule has 1 amide bonds. The molecule has 1 aromatic heterocycles. The lowest BCUT2D eigenvalue weighted by atomic mass is 9.82. The van der Waals surface area contributed by atoms with E-state index in [1.165, 1.54) is 0 Å². The van der Waals surface area contributed by atoms with Gasteiger partial charge >= 0.3 is 0 Å². The zero-order valence-electron chi connectivity index (χ0n) is 12.3. The topological polar surface area (TPSA) is 59.0 Å². The zero-order chi connectivity index (χ0) is 14.0. The first-order chi connectivity index (χ1) is 8.88. The van der Waals surface area contributed by atoms with E-state index in [4.69, 9.17) is 0 Å². The van der Waals surface area contributed by atoms with E-state index in [-0.39, 0.29) is 11.3 Å². The fraction of sp³-hybridized carbons (Fsp3) is 0.714. The van der Waals surface area contributed by atoms with Crippen LogP contribution in [0.2, 0.25) is 0 Å². The molecule has 0 fully saturated rings. The van der Waals surface area contributed by atoms with E-state index in [0.717, 1.165) is 25.5 Å². The van der Waals surface area contributed by atoms with Crippen LogP contribution in [0.4, 0.5) is 5.95 Å². The Labute approximate surface area is 114 Å². The third-order valence-electron chi connectivity index (χ3n) is 3.92. The molecule has 2 N–H and O–H groups in total. The van der Waals surface area contributed by atoms with Gasteiger partial charge in [0.2, 0.25) is 5.95 Å². The van der Waals surface area contributed by atoms with Crippen molar-refractivity contribution in [3.63, 3.8) is 0 Å². The summed E-state index contributed by atoms with van der Waals surface area (Å²) in [5, 5.41) is 6.17. The highest BCUT2D eigenvalue weighted by Gasteiger charge is 2.22. The highest BCUT2D eigenvalue weighted by Crippen LogP contribution is 2.24. The first-order valence-electron chi connectivity index (χ1n) is 6.97. The Morgan fingerprint density at radius 3 is 2.95 bits per heavy atom. The van der Waals surface area contributed by atoms with Crippen molar-refractivity contribution in [1.82, 2.24) is 14.9 Å². The maximum Gasteiger partial charge on any atom is 0.271 e.